The first kappa shape index (κ1) is 15.8. The normalized spacial score (nSPS) is 18.3. The fourth-order valence-electron chi connectivity index (χ4n) is 2.46. The first-order chi connectivity index (χ1) is 10.1. The molecule has 0 aliphatic carbocycles. The third-order valence-electron chi connectivity index (χ3n) is 3.84. The van der Waals surface area contributed by atoms with Crippen LogP contribution in [0.25, 0.3) is 0 Å². The summed E-state index contributed by atoms with van der Waals surface area (Å²) in [4.78, 5) is 13.8. The van der Waals surface area contributed by atoms with E-state index in [1.807, 2.05) is 38.2 Å². The second-order valence-corrected chi connectivity index (χ2v) is 5.70. The van der Waals surface area contributed by atoms with Crippen molar-refractivity contribution in [2.75, 3.05) is 26.8 Å². The molecule has 4 heteroatoms. The van der Waals surface area contributed by atoms with Crippen molar-refractivity contribution >= 4 is 5.91 Å². The van der Waals surface area contributed by atoms with Crippen LogP contribution in [0.4, 0.5) is 0 Å². The van der Waals surface area contributed by atoms with Crippen molar-refractivity contribution in [3.63, 3.8) is 0 Å². The molecule has 1 atom stereocenters. The number of nitrogens with zero attached hydrogens (tertiary/aromatic N) is 1. The Labute approximate surface area is 127 Å². The van der Waals surface area contributed by atoms with Crippen molar-refractivity contribution in [1.82, 2.24) is 4.90 Å². The highest BCUT2D eigenvalue weighted by molar-refractivity contribution is 5.77. The topological polar surface area (TPSA) is 38.8 Å². The van der Waals surface area contributed by atoms with Gasteiger partial charge in [-0.2, -0.15) is 0 Å². The number of hydrogen-bond acceptors (Lipinski definition) is 3. The summed E-state index contributed by atoms with van der Waals surface area (Å²) in [5.41, 5.74) is 1.13. The van der Waals surface area contributed by atoms with Crippen molar-refractivity contribution in [1.29, 1.82) is 0 Å². The van der Waals surface area contributed by atoms with Gasteiger partial charge in [-0.05, 0) is 50.3 Å². The van der Waals surface area contributed by atoms with E-state index >= 15 is 0 Å². The summed E-state index contributed by atoms with van der Waals surface area (Å²) in [6.07, 6.45) is 4.73. The minimum absolute atomic E-state index is 0.00677. The van der Waals surface area contributed by atoms with Crippen LogP contribution in [-0.4, -0.2) is 43.7 Å². The zero-order valence-corrected chi connectivity index (χ0v) is 13.0. The molecular formula is C17H25NO3. The van der Waals surface area contributed by atoms with Crippen molar-refractivity contribution in [2.45, 2.75) is 38.7 Å². The summed E-state index contributed by atoms with van der Waals surface area (Å²) in [7, 11) is 1.82. The standard InChI is InChI=1S/C17H25NO3/c1-14-6-5-8-16(12-14)21-13-17(19)18(2)10-9-15-7-3-4-11-20-15/h5-6,8,12,15H,3-4,7,9-11,13H2,1-2H3. The average Bonchev–Trinajstić information content (AvgIpc) is 2.51. The Morgan fingerprint density at radius 2 is 2.29 bits per heavy atom. The zero-order valence-electron chi connectivity index (χ0n) is 13.0. The number of likely N-dealkylation sites (N-methyl/N-ethyl adjacent to an activating group) is 1. The van der Waals surface area contributed by atoms with E-state index in [0.29, 0.717) is 6.10 Å². The van der Waals surface area contributed by atoms with Gasteiger partial charge in [0.15, 0.2) is 6.61 Å². The maximum atomic E-state index is 12.0. The number of ether oxygens (including phenoxy) is 2. The summed E-state index contributed by atoms with van der Waals surface area (Å²) in [5.74, 6) is 0.750. The summed E-state index contributed by atoms with van der Waals surface area (Å²) >= 11 is 0. The molecule has 0 radical (unpaired) electrons. The summed E-state index contributed by atoms with van der Waals surface area (Å²) in [6, 6.07) is 7.74. The number of carbonyl (C=O) groups excluding carboxylic acids is 1. The molecule has 1 saturated heterocycles. The van der Waals surface area contributed by atoms with Gasteiger partial charge in [0.2, 0.25) is 0 Å². The fourth-order valence-corrected chi connectivity index (χ4v) is 2.46. The highest BCUT2D eigenvalue weighted by Crippen LogP contribution is 2.16. The lowest BCUT2D eigenvalue weighted by molar-refractivity contribution is -0.132. The summed E-state index contributed by atoms with van der Waals surface area (Å²) in [5, 5.41) is 0. The first-order valence-electron chi connectivity index (χ1n) is 7.70. The molecule has 0 spiro atoms. The highest BCUT2D eigenvalue weighted by atomic mass is 16.5. The smallest absolute Gasteiger partial charge is 0.260 e. The van der Waals surface area contributed by atoms with E-state index in [-0.39, 0.29) is 12.5 Å². The Kier molecular flexibility index (Phi) is 6.05. The molecule has 1 aromatic rings. The van der Waals surface area contributed by atoms with Crippen LogP contribution < -0.4 is 4.74 Å². The predicted octanol–water partition coefficient (Wildman–Crippen LogP) is 2.79. The van der Waals surface area contributed by atoms with E-state index in [2.05, 4.69) is 0 Å². The molecule has 1 fully saturated rings. The molecule has 1 aliphatic rings. The van der Waals surface area contributed by atoms with Crippen LogP contribution >= 0.6 is 0 Å². The molecule has 21 heavy (non-hydrogen) atoms. The second kappa shape index (κ2) is 8.03. The molecule has 116 valence electrons. The highest BCUT2D eigenvalue weighted by Gasteiger charge is 2.16. The first-order valence-corrected chi connectivity index (χ1v) is 7.70. The molecule has 0 aromatic heterocycles. The fraction of sp³-hybridized carbons (Fsp3) is 0.588. The van der Waals surface area contributed by atoms with Crippen LogP contribution in [0, 0.1) is 6.92 Å². The van der Waals surface area contributed by atoms with Crippen LogP contribution in [0.3, 0.4) is 0 Å². The lowest BCUT2D eigenvalue weighted by Gasteiger charge is -2.25. The molecule has 0 saturated carbocycles. The molecule has 1 heterocycles. The van der Waals surface area contributed by atoms with E-state index in [1.54, 1.807) is 4.90 Å². The SMILES string of the molecule is Cc1cccc(OCC(=O)N(C)CCC2CCCCO2)c1. The van der Waals surface area contributed by atoms with Gasteiger partial charge >= 0.3 is 0 Å². The number of amides is 1. The van der Waals surface area contributed by atoms with Crippen LogP contribution in [-0.2, 0) is 9.53 Å². The van der Waals surface area contributed by atoms with Gasteiger partial charge in [0.1, 0.15) is 5.75 Å². The molecular weight excluding hydrogens is 266 g/mol. The van der Waals surface area contributed by atoms with Gasteiger partial charge in [-0.25, -0.2) is 0 Å². The second-order valence-electron chi connectivity index (χ2n) is 5.70. The monoisotopic (exact) mass is 291 g/mol. The molecule has 1 aromatic carbocycles. The number of benzene rings is 1. The number of aryl methyl sites for hydroxylation is 1. The van der Waals surface area contributed by atoms with Crippen LogP contribution in [0.2, 0.25) is 0 Å². The van der Waals surface area contributed by atoms with Crippen molar-refractivity contribution in [3.05, 3.63) is 29.8 Å². The van der Waals surface area contributed by atoms with Gasteiger partial charge in [0, 0.05) is 20.2 Å². The van der Waals surface area contributed by atoms with Gasteiger partial charge < -0.3 is 14.4 Å². The Morgan fingerprint density at radius 3 is 3.00 bits per heavy atom. The molecule has 1 unspecified atom stereocenters. The predicted molar refractivity (Wildman–Crippen MR) is 82.5 cm³/mol. The average molecular weight is 291 g/mol. The Balaban J connectivity index is 1.69. The van der Waals surface area contributed by atoms with Gasteiger partial charge in [0.25, 0.3) is 5.91 Å². The van der Waals surface area contributed by atoms with Gasteiger partial charge in [0.05, 0.1) is 6.10 Å². The number of hydrogen-bond donors (Lipinski definition) is 0. The van der Waals surface area contributed by atoms with Crippen LogP contribution in [0.15, 0.2) is 24.3 Å². The van der Waals surface area contributed by atoms with Crippen LogP contribution in [0.5, 0.6) is 5.75 Å². The van der Waals surface area contributed by atoms with Crippen LogP contribution in [0.1, 0.15) is 31.2 Å². The molecule has 2 rings (SSSR count). The maximum absolute atomic E-state index is 12.0. The van der Waals surface area contributed by atoms with Gasteiger partial charge in [-0.15, -0.1) is 0 Å². The van der Waals surface area contributed by atoms with Gasteiger partial charge in [-0.3, -0.25) is 4.79 Å². The zero-order chi connectivity index (χ0) is 15.1. The lowest BCUT2D eigenvalue weighted by Crippen LogP contribution is -2.34. The molecule has 1 aliphatic heterocycles. The van der Waals surface area contributed by atoms with Crippen molar-refractivity contribution < 1.29 is 14.3 Å². The number of rotatable bonds is 6. The Hall–Kier alpha value is -1.55. The van der Waals surface area contributed by atoms with E-state index in [4.69, 9.17) is 9.47 Å². The molecule has 0 N–H and O–H groups in total. The molecule has 0 bridgehead atoms. The third-order valence-corrected chi connectivity index (χ3v) is 3.84. The minimum atomic E-state index is 0.00677. The lowest BCUT2D eigenvalue weighted by atomic mass is 10.1. The van der Waals surface area contributed by atoms with E-state index in [9.17, 15) is 4.79 Å². The summed E-state index contributed by atoms with van der Waals surface area (Å²) < 4.78 is 11.2. The minimum Gasteiger partial charge on any atom is -0.484 e. The third kappa shape index (κ3) is 5.38. The number of carbonyl (C=O) groups is 1. The molecule has 1 amide bonds. The summed E-state index contributed by atoms with van der Waals surface area (Å²) in [6.45, 7) is 3.68. The Morgan fingerprint density at radius 1 is 1.43 bits per heavy atom. The van der Waals surface area contributed by atoms with Crippen molar-refractivity contribution in [2.24, 2.45) is 0 Å². The molecule has 4 nitrogen and oxygen atoms in total. The van der Waals surface area contributed by atoms with E-state index in [1.165, 1.54) is 6.42 Å². The van der Waals surface area contributed by atoms with E-state index < -0.39 is 0 Å². The maximum Gasteiger partial charge on any atom is 0.260 e. The Bertz CT molecular complexity index is 455. The van der Waals surface area contributed by atoms with Gasteiger partial charge in [-0.1, -0.05) is 12.1 Å². The van der Waals surface area contributed by atoms with Crippen molar-refractivity contribution in [3.8, 4) is 5.75 Å². The van der Waals surface area contributed by atoms with E-state index in [0.717, 1.165) is 43.7 Å². The quantitative estimate of drug-likeness (QED) is 0.809. The largest absolute Gasteiger partial charge is 0.484 e.